The van der Waals surface area contributed by atoms with Gasteiger partial charge >= 0.3 is 0 Å². The molecule has 0 unspecified atom stereocenters. The molecule has 0 bridgehead atoms. The lowest BCUT2D eigenvalue weighted by atomic mass is 10.1. The zero-order chi connectivity index (χ0) is 16.1. The van der Waals surface area contributed by atoms with Crippen molar-refractivity contribution >= 4 is 22.6 Å². The van der Waals surface area contributed by atoms with Crippen LogP contribution in [0.2, 0.25) is 0 Å². The van der Waals surface area contributed by atoms with Gasteiger partial charge in [0.2, 0.25) is 5.91 Å². The number of carbonyl (C=O) groups excluding carboxylic acids is 2. The molecule has 1 N–H and O–H groups in total. The minimum atomic E-state index is -1.49. The number of aromatic carboxylic acids is 1. The van der Waals surface area contributed by atoms with Gasteiger partial charge in [0.25, 0.3) is 5.56 Å². The summed E-state index contributed by atoms with van der Waals surface area (Å²) in [6, 6.07) is 6.21. The number of hydrogen-bond acceptors (Lipinski definition) is 5. The third-order valence-electron chi connectivity index (χ3n) is 3.21. The monoisotopic (exact) mass is 302 g/mol. The maximum Gasteiger partial charge on any atom is 0.275 e. The van der Waals surface area contributed by atoms with Crippen LogP contribution in [0.3, 0.4) is 0 Å². The molecule has 2 rings (SSSR count). The standard InChI is InChI=1S/C15H17N3O4/c1-2-3-8-16-12(19)9-18-14(20)11-7-5-4-6-10(11)13(17-18)15(21)22/h4-7H,2-3,8-9H2,1H3,(H,16,19)(H,21,22)/p-1. The predicted octanol–water partition coefficient (Wildman–Crippen LogP) is -0.324. The van der Waals surface area contributed by atoms with E-state index in [-0.39, 0.29) is 28.9 Å². The number of aromatic nitrogens is 2. The Kier molecular flexibility index (Phi) is 4.88. The van der Waals surface area contributed by atoms with Gasteiger partial charge < -0.3 is 15.2 Å². The fourth-order valence-electron chi connectivity index (χ4n) is 2.09. The molecule has 1 heterocycles. The summed E-state index contributed by atoms with van der Waals surface area (Å²) in [5, 5.41) is 18.0. The smallest absolute Gasteiger partial charge is 0.275 e. The number of rotatable bonds is 6. The fraction of sp³-hybridized carbons (Fsp3) is 0.333. The van der Waals surface area contributed by atoms with E-state index in [1.807, 2.05) is 6.92 Å². The zero-order valence-electron chi connectivity index (χ0n) is 12.2. The summed E-state index contributed by atoms with van der Waals surface area (Å²) in [5.74, 6) is -1.88. The molecule has 0 aliphatic heterocycles. The lowest BCUT2D eigenvalue weighted by Gasteiger charge is -2.11. The summed E-state index contributed by atoms with van der Waals surface area (Å²) in [6.45, 7) is 2.17. The SMILES string of the molecule is CCCCNC(=O)Cn1nc(C(=O)[O-])c2ccccc2c1=O. The van der Waals surface area contributed by atoms with Crippen LogP contribution in [0.4, 0.5) is 0 Å². The second kappa shape index (κ2) is 6.84. The van der Waals surface area contributed by atoms with E-state index < -0.39 is 11.5 Å². The highest BCUT2D eigenvalue weighted by Gasteiger charge is 2.13. The Hall–Kier alpha value is -2.70. The minimum absolute atomic E-state index is 0.193. The first-order chi connectivity index (χ1) is 10.5. The number of carboxylic acids is 1. The van der Waals surface area contributed by atoms with Crippen molar-refractivity contribution in [3.63, 3.8) is 0 Å². The average Bonchev–Trinajstić information content (AvgIpc) is 2.50. The Morgan fingerprint density at radius 3 is 2.59 bits per heavy atom. The quantitative estimate of drug-likeness (QED) is 0.736. The maximum atomic E-state index is 12.3. The molecule has 1 aromatic heterocycles. The molecule has 0 saturated heterocycles. The van der Waals surface area contributed by atoms with E-state index in [2.05, 4.69) is 10.4 Å². The molecule has 0 radical (unpaired) electrons. The number of nitrogens with one attached hydrogen (secondary N) is 1. The Morgan fingerprint density at radius 2 is 1.95 bits per heavy atom. The molecule has 116 valence electrons. The van der Waals surface area contributed by atoms with Crippen LogP contribution >= 0.6 is 0 Å². The topological polar surface area (TPSA) is 104 Å². The second-order valence-electron chi connectivity index (χ2n) is 4.85. The van der Waals surface area contributed by atoms with E-state index in [0.717, 1.165) is 17.5 Å². The van der Waals surface area contributed by atoms with Crippen LogP contribution in [0, 0.1) is 0 Å². The summed E-state index contributed by atoms with van der Waals surface area (Å²) < 4.78 is 0.856. The molecule has 0 atom stereocenters. The number of carbonyl (C=O) groups is 2. The molecule has 22 heavy (non-hydrogen) atoms. The average molecular weight is 302 g/mol. The van der Waals surface area contributed by atoms with Gasteiger partial charge in [0.05, 0.1) is 11.4 Å². The lowest BCUT2D eigenvalue weighted by Crippen LogP contribution is -2.36. The molecular formula is C15H16N3O4-. The van der Waals surface area contributed by atoms with Crippen LogP contribution in [-0.4, -0.2) is 28.2 Å². The van der Waals surface area contributed by atoms with Crippen molar-refractivity contribution in [1.82, 2.24) is 15.1 Å². The normalized spacial score (nSPS) is 10.6. The second-order valence-corrected chi connectivity index (χ2v) is 4.85. The molecule has 0 fully saturated rings. The fourth-order valence-corrected chi connectivity index (χ4v) is 2.09. The summed E-state index contributed by atoms with van der Waals surface area (Å²) in [4.78, 5) is 35.2. The number of unbranched alkanes of at least 4 members (excludes halogenated alkanes) is 1. The molecule has 0 aliphatic carbocycles. The Morgan fingerprint density at radius 1 is 1.27 bits per heavy atom. The van der Waals surface area contributed by atoms with Crippen LogP contribution in [0.1, 0.15) is 30.3 Å². The molecule has 0 spiro atoms. The minimum Gasteiger partial charge on any atom is -0.543 e. The van der Waals surface area contributed by atoms with Crippen molar-refractivity contribution in [2.24, 2.45) is 0 Å². The van der Waals surface area contributed by atoms with Crippen LogP contribution in [0.15, 0.2) is 29.1 Å². The molecule has 0 aliphatic rings. The first-order valence-corrected chi connectivity index (χ1v) is 7.02. The van der Waals surface area contributed by atoms with Gasteiger partial charge in [-0.25, -0.2) is 4.68 Å². The number of carboxylic acid groups (broad SMARTS) is 1. The van der Waals surface area contributed by atoms with Gasteiger partial charge in [0.15, 0.2) is 0 Å². The highest BCUT2D eigenvalue weighted by molar-refractivity contribution is 6.00. The van der Waals surface area contributed by atoms with Crippen LogP contribution < -0.4 is 16.0 Å². The Labute approximate surface area is 126 Å². The van der Waals surface area contributed by atoms with Crippen molar-refractivity contribution in [2.75, 3.05) is 6.54 Å². The van der Waals surface area contributed by atoms with Gasteiger partial charge in [-0.2, -0.15) is 5.10 Å². The number of nitrogens with zero attached hydrogens (tertiary/aromatic N) is 2. The predicted molar refractivity (Wildman–Crippen MR) is 78.3 cm³/mol. The summed E-state index contributed by atoms with van der Waals surface area (Å²) in [5.41, 5.74) is -0.859. The molecule has 0 saturated carbocycles. The van der Waals surface area contributed by atoms with Gasteiger partial charge in [-0.3, -0.25) is 9.59 Å². The third-order valence-corrected chi connectivity index (χ3v) is 3.21. The summed E-state index contributed by atoms with van der Waals surface area (Å²) >= 11 is 0. The number of fused-ring (bicyclic) bond motifs is 1. The Balaban J connectivity index is 2.38. The number of hydrogen-bond donors (Lipinski definition) is 1. The first-order valence-electron chi connectivity index (χ1n) is 7.02. The van der Waals surface area contributed by atoms with E-state index in [4.69, 9.17) is 0 Å². The highest BCUT2D eigenvalue weighted by atomic mass is 16.4. The summed E-state index contributed by atoms with van der Waals surface area (Å²) in [6.07, 6.45) is 1.76. The van der Waals surface area contributed by atoms with E-state index in [1.54, 1.807) is 12.1 Å². The van der Waals surface area contributed by atoms with Crippen molar-refractivity contribution in [3.05, 3.63) is 40.3 Å². The number of amides is 1. The molecule has 1 amide bonds. The van der Waals surface area contributed by atoms with Crippen LogP contribution in [-0.2, 0) is 11.3 Å². The van der Waals surface area contributed by atoms with Crippen molar-refractivity contribution in [2.45, 2.75) is 26.3 Å². The number of benzene rings is 1. The van der Waals surface area contributed by atoms with Gasteiger partial charge in [-0.1, -0.05) is 31.5 Å². The van der Waals surface area contributed by atoms with Crippen LogP contribution in [0.25, 0.3) is 10.8 Å². The van der Waals surface area contributed by atoms with Crippen molar-refractivity contribution in [3.8, 4) is 0 Å². The maximum absolute atomic E-state index is 12.3. The summed E-state index contributed by atoms with van der Waals surface area (Å²) in [7, 11) is 0. The third kappa shape index (κ3) is 3.30. The van der Waals surface area contributed by atoms with E-state index >= 15 is 0 Å². The molecule has 2 aromatic rings. The Bertz CT molecular complexity index is 767. The van der Waals surface area contributed by atoms with Crippen molar-refractivity contribution < 1.29 is 14.7 Å². The molecular weight excluding hydrogens is 286 g/mol. The first kappa shape index (κ1) is 15.7. The molecule has 1 aromatic carbocycles. The zero-order valence-corrected chi connectivity index (χ0v) is 12.2. The molecule has 7 nitrogen and oxygen atoms in total. The molecule has 7 heteroatoms. The van der Waals surface area contributed by atoms with Gasteiger partial charge in [0.1, 0.15) is 12.2 Å². The highest BCUT2D eigenvalue weighted by Crippen LogP contribution is 2.12. The van der Waals surface area contributed by atoms with E-state index in [0.29, 0.717) is 6.54 Å². The van der Waals surface area contributed by atoms with Crippen LogP contribution in [0.5, 0.6) is 0 Å². The van der Waals surface area contributed by atoms with E-state index in [1.165, 1.54) is 12.1 Å². The van der Waals surface area contributed by atoms with Crippen molar-refractivity contribution in [1.29, 1.82) is 0 Å². The largest absolute Gasteiger partial charge is 0.543 e. The van der Waals surface area contributed by atoms with E-state index in [9.17, 15) is 19.5 Å². The van der Waals surface area contributed by atoms with Gasteiger partial charge in [0, 0.05) is 11.9 Å². The van der Waals surface area contributed by atoms with Gasteiger partial charge in [-0.05, 0) is 12.5 Å². The van der Waals surface area contributed by atoms with Gasteiger partial charge in [-0.15, -0.1) is 0 Å². The lowest BCUT2D eigenvalue weighted by molar-refractivity contribution is -0.255.